The van der Waals surface area contributed by atoms with Crippen LogP contribution < -0.4 is 5.32 Å². The first-order valence-electron chi connectivity index (χ1n) is 11.3. The predicted octanol–water partition coefficient (Wildman–Crippen LogP) is 4.05. The molecule has 1 aliphatic heterocycles. The number of para-hydroxylation sites is 1. The van der Waals surface area contributed by atoms with E-state index in [9.17, 15) is 18.4 Å². The molecule has 4 aromatic rings. The van der Waals surface area contributed by atoms with E-state index in [1.165, 1.54) is 4.90 Å². The summed E-state index contributed by atoms with van der Waals surface area (Å²) in [5, 5.41) is 11.6. The molecule has 1 fully saturated rings. The van der Waals surface area contributed by atoms with Crippen LogP contribution in [0.25, 0.3) is 10.9 Å². The van der Waals surface area contributed by atoms with Crippen LogP contribution in [0.1, 0.15) is 26.3 Å². The van der Waals surface area contributed by atoms with Gasteiger partial charge in [-0.1, -0.05) is 24.3 Å². The third kappa shape index (κ3) is 4.70. The molecule has 0 bridgehead atoms. The number of fused-ring (bicyclic) bond motifs is 1. The van der Waals surface area contributed by atoms with Crippen molar-refractivity contribution in [3.8, 4) is 0 Å². The minimum atomic E-state index is -0.887. The summed E-state index contributed by atoms with van der Waals surface area (Å²) in [5.41, 5.74) is 2.26. The van der Waals surface area contributed by atoms with Gasteiger partial charge >= 0.3 is 0 Å². The van der Waals surface area contributed by atoms with Crippen molar-refractivity contribution in [1.29, 1.82) is 0 Å². The zero-order valence-electron chi connectivity index (χ0n) is 18.8. The molecule has 1 saturated heterocycles. The van der Waals surface area contributed by atoms with Gasteiger partial charge in [-0.3, -0.25) is 14.7 Å². The maximum atomic E-state index is 14.0. The van der Waals surface area contributed by atoms with Crippen molar-refractivity contribution in [2.45, 2.75) is 6.54 Å². The third-order valence-electron chi connectivity index (χ3n) is 6.12. The Bertz CT molecular complexity index is 1400. The molecule has 0 unspecified atom stereocenters. The lowest BCUT2D eigenvalue weighted by atomic mass is 10.1. The second-order valence-corrected chi connectivity index (χ2v) is 8.38. The molecule has 1 aliphatic rings. The highest BCUT2D eigenvalue weighted by Crippen LogP contribution is 2.21. The molecule has 9 heteroatoms. The number of anilines is 1. The van der Waals surface area contributed by atoms with Crippen molar-refractivity contribution < 1.29 is 18.4 Å². The summed E-state index contributed by atoms with van der Waals surface area (Å²) in [5.74, 6) is -1.51. The molecule has 35 heavy (non-hydrogen) atoms. The zero-order chi connectivity index (χ0) is 24.4. The fraction of sp³-hybridized carbons (Fsp3) is 0.192. The summed E-state index contributed by atoms with van der Waals surface area (Å²) in [4.78, 5) is 28.9. The van der Waals surface area contributed by atoms with E-state index in [4.69, 9.17) is 0 Å². The molecule has 0 radical (unpaired) electrons. The van der Waals surface area contributed by atoms with Crippen LogP contribution in [0.4, 0.5) is 14.6 Å². The molecule has 2 N–H and O–H groups in total. The number of hydrogen-bond donors (Lipinski definition) is 2. The van der Waals surface area contributed by atoms with Crippen LogP contribution in [0.5, 0.6) is 0 Å². The van der Waals surface area contributed by atoms with Gasteiger partial charge in [0.15, 0.2) is 5.82 Å². The first-order valence-corrected chi connectivity index (χ1v) is 11.3. The fourth-order valence-corrected chi connectivity index (χ4v) is 4.23. The van der Waals surface area contributed by atoms with E-state index >= 15 is 0 Å². The van der Waals surface area contributed by atoms with Gasteiger partial charge in [0.05, 0.1) is 11.1 Å². The number of nitrogens with zero attached hydrogens (tertiary/aromatic N) is 3. The Balaban J connectivity index is 1.20. The minimum absolute atomic E-state index is 0.128. The van der Waals surface area contributed by atoms with Gasteiger partial charge in [-0.05, 0) is 42.0 Å². The number of amides is 2. The number of H-pyrrole nitrogens is 1. The number of carbonyl (C=O) groups excluding carboxylic acids is 2. The standard InChI is InChI=1S/C26H23F2N5O2/c27-19-8-9-20(22(28)15-19)26(35)33-12-10-32(11-13-33)25(34)18-5-3-4-17(14-18)16-29-24-21-6-1-2-7-23(21)30-31-24/h1-9,14-15H,10-13,16H2,(H2,29,30,31). The van der Waals surface area contributed by atoms with Gasteiger partial charge in [-0.2, -0.15) is 5.10 Å². The summed E-state index contributed by atoms with van der Waals surface area (Å²) in [7, 11) is 0. The van der Waals surface area contributed by atoms with Crippen molar-refractivity contribution >= 4 is 28.5 Å². The van der Waals surface area contributed by atoms with Crippen LogP contribution in [0.3, 0.4) is 0 Å². The van der Waals surface area contributed by atoms with Crippen LogP contribution >= 0.6 is 0 Å². The topological polar surface area (TPSA) is 81.3 Å². The quantitative estimate of drug-likeness (QED) is 0.456. The maximum absolute atomic E-state index is 14.0. The minimum Gasteiger partial charge on any atom is -0.364 e. The summed E-state index contributed by atoms with van der Waals surface area (Å²) in [6.07, 6.45) is 0. The van der Waals surface area contributed by atoms with E-state index < -0.39 is 17.5 Å². The normalized spacial score (nSPS) is 13.8. The van der Waals surface area contributed by atoms with Crippen molar-refractivity contribution in [3.05, 3.63) is 95.1 Å². The van der Waals surface area contributed by atoms with E-state index in [1.807, 2.05) is 42.5 Å². The third-order valence-corrected chi connectivity index (χ3v) is 6.12. The van der Waals surface area contributed by atoms with Gasteiger partial charge in [-0.25, -0.2) is 8.78 Å². The summed E-state index contributed by atoms with van der Waals surface area (Å²) >= 11 is 0. The van der Waals surface area contributed by atoms with Gasteiger partial charge in [0.2, 0.25) is 0 Å². The van der Waals surface area contributed by atoms with Gasteiger partial charge in [-0.15, -0.1) is 0 Å². The lowest BCUT2D eigenvalue weighted by Gasteiger charge is -2.35. The van der Waals surface area contributed by atoms with Gasteiger partial charge in [0, 0.05) is 49.7 Å². The molecule has 0 saturated carbocycles. The van der Waals surface area contributed by atoms with Crippen molar-refractivity contribution in [2.24, 2.45) is 0 Å². The van der Waals surface area contributed by atoms with E-state index in [0.29, 0.717) is 31.3 Å². The predicted molar refractivity (Wildman–Crippen MR) is 128 cm³/mol. The monoisotopic (exact) mass is 475 g/mol. The Morgan fingerprint density at radius 2 is 1.63 bits per heavy atom. The maximum Gasteiger partial charge on any atom is 0.256 e. The molecular formula is C26H23F2N5O2. The Hall–Kier alpha value is -4.27. The van der Waals surface area contributed by atoms with Gasteiger partial charge in [0.25, 0.3) is 11.8 Å². The Morgan fingerprint density at radius 3 is 2.40 bits per heavy atom. The smallest absolute Gasteiger partial charge is 0.256 e. The summed E-state index contributed by atoms with van der Waals surface area (Å²) in [6.45, 7) is 1.70. The van der Waals surface area contributed by atoms with Crippen molar-refractivity contribution in [1.82, 2.24) is 20.0 Å². The molecule has 7 nitrogen and oxygen atoms in total. The first kappa shape index (κ1) is 22.5. The lowest BCUT2D eigenvalue weighted by Crippen LogP contribution is -2.50. The molecular weight excluding hydrogens is 452 g/mol. The number of benzene rings is 3. The number of carbonyl (C=O) groups is 2. The number of hydrogen-bond acceptors (Lipinski definition) is 4. The lowest BCUT2D eigenvalue weighted by molar-refractivity contribution is 0.0532. The number of piperazine rings is 1. The first-order chi connectivity index (χ1) is 17.0. The van der Waals surface area contributed by atoms with E-state index in [2.05, 4.69) is 15.5 Å². The number of aromatic amines is 1. The summed E-state index contributed by atoms with van der Waals surface area (Å²) in [6, 6.07) is 18.1. The fourth-order valence-electron chi connectivity index (χ4n) is 4.23. The molecule has 1 aromatic heterocycles. The SMILES string of the molecule is O=C(c1cccc(CNc2n[nH]c3ccccc23)c1)N1CCN(C(=O)c2ccc(F)cc2F)CC1. The van der Waals surface area contributed by atoms with E-state index in [1.54, 1.807) is 11.0 Å². The molecule has 3 aromatic carbocycles. The highest BCUT2D eigenvalue weighted by Gasteiger charge is 2.27. The molecule has 0 aliphatic carbocycles. The second kappa shape index (κ2) is 9.54. The van der Waals surface area contributed by atoms with Gasteiger partial charge < -0.3 is 15.1 Å². The molecule has 0 spiro atoms. The number of rotatable bonds is 5. The van der Waals surface area contributed by atoms with Crippen LogP contribution in [0.15, 0.2) is 66.7 Å². The zero-order valence-corrected chi connectivity index (χ0v) is 18.8. The second-order valence-electron chi connectivity index (χ2n) is 8.38. The van der Waals surface area contributed by atoms with Gasteiger partial charge in [0.1, 0.15) is 11.6 Å². The van der Waals surface area contributed by atoms with Crippen LogP contribution in [0.2, 0.25) is 0 Å². The molecule has 178 valence electrons. The number of nitrogens with one attached hydrogen (secondary N) is 2. The van der Waals surface area contributed by atoms with E-state index in [0.717, 1.165) is 34.4 Å². The Labute approximate surface area is 200 Å². The van der Waals surface area contributed by atoms with Crippen LogP contribution in [-0.4, -0.2) is 58.0 Å². The highest BCUT2D eigenvalue weighted by molar-refractivity contribution is 5.96. The van der Waals surface area contributed by atoms with Crippen molar-refractivity contribution in [3.63, 3.8) is 0 Å². The van der Waals surface area contributed by atoms with E-state index in [-0.39, 0.29) is 24.6 Å². The van der Waals surface area contributed by atoms with Crippen molar-refractivity contribution in [2.75, 3.05) is 31.5 Å². The summed E-state index contributed by atoms with van der Waals surface area (Å²) < 4.78 is 27.1. The highest BCUT2D eigenvalue weighted by atomic mass is 19.1. The number of halogens is 2. The largest absolute Gasteiger partial charge is 0.364 e. The Kier molecular flexibility index (Phi) is 6.13. The molecule has 0 atom stereocenters. The molecule has 2 heterocycles. The molecule has 2 amide bonds. The Morgan fingerprint density at radius 1 is 0.886 bits per heavy atom. The average Bonchev–Trinajstić information content (AvgIpc) is 3.30. The van der Waals surface area contributed by atoms with Crippen LogP contribution in [-0.2, 0) is 6.54 Å². The van der Waals surface area contributed by atoms with Crippen LogP contribution in [0, 0.1) is 11.6 Å². The molecule has 5 rings (SSSR count). The average molecular weight is 475 g/mol. The number of aromatic nitrogens is 2.